The molecule has 22 heavy (non-hydrogen) atoms. The first-order chi connectivity index (χ1) is 10.7. The van der Waals surface area contributed by atoms with Gasteiger partial charge in [0.05, 0.1) is 6.54 Å². The molecule has 3 rings (SSSR count). The van der Waals surface area contributed by atoms with Crippen LogP contribution in [0.15, 0.2) is 16.8 Å². The number of nitrogens with zero attached hydrogens (tertiary/aromatic N) is 6. The van der Waals surface area contributed by atoms with Crippen LogP contribution < -0.4 is 10.2 Å². The van der Waals surface area contributed by atoms with Crippen molar-refractivity contribution in [3.63, 3.8) is 0 Å². The van der Waals surface area contributed by atoms with E-state index < -0.39 is 0 Å². The van der Waals surface area contributed by atoms with E-state index in [0.717, 1.165) is 44.5 Å². The molecule has 1 fully saturated rings. The Bertz CT molecular complexity index is 607. The number of aryl methyl sites for hydroxylation is 1. The van der Waals surface area contributed by atoms with Gasteiger partial charge in [-0.1, -0.05) is 5.16 Å². The molecule has 2 aromatic heterocycles. The zero-order valence-corrected chi connectivity index (χ0v) is 13.0. The van der Waals surface area contributed by atoms with Gasteiger partial charge in [0.1, 0.15) is 5.82 Å². The van der Waals surface area contributed by atoms with Crippen LogP contribution in [0.25, 0.3) is 0 Å². The SMILES string of the molecule is CCNc1ccnc(N2CCN(Cc3nc(C)no3)CC2)n1. The van der Waals surface area contributed by atoms with Gasteiger partial charge in [-0.05, 0) is 19.9 Å². The van der Waals surface area contributed by atoms with Crippen molar-refractivity contribution in [1.82, 2.24) is 25.0 Å². The second-order valence-corrected chi connectivity index (χ2v) is 5.27. The van der Waals surface area contributed by atoms with Crippen molar-refractivity contribution in [1.29, 1.82) is 0 Å². The Kier molecular flexibility index (Phi) is 4.47. The van der Waals surface area contributed by atoms with Gasteiger partial charge >= 0.3 is 0 Å². The predicted molar refractivity (Wildman–Crippen MR) is 82.7 cm³/mol. The highest BCUT2D eigenvalue weighted by molar-refractivity contribution is 5.41. The van der Waals surface area contributed by atoms with E-state index in [1.807, 2.05) is 13.0 Å². The first kappa shape index (κ1) is 14.7. The molecule has 1 aliphatic heterocycles. The average molecular weight is 303 g/mol. The van der Waals surface area contributed by atoms with Crippen molar-refractivity contribution in [2.45, 2.75) is 20.4 Å². The summed E-state index contributed by atoms with van der Waals surface area (Å²) < 4.78 is 5.17. The summed E-state index contributed by atoms with van der Waals surface area (Å²) in [4.78, 5) is 17.7. The fourth-order valence-electron chi connectivity index (χ4n) is 2.48. The third-order valence-electron chi connectivity index (χ3n) is 3.58. The minimum absolute atomic E-state index is 0.677. The van der Waals surface area contributed by atoms with E-state index >= 15 is 0 Å². The molecular weight excluding hydrogens is 282 g/mol. The summed E-state index contributed by atoms with van der Waals surface area (Å²) in [5.74, 6) is 3.02. The first-order valence-corrected chi connectivity index (χ1v) is 7.58. The predicted octanol–water partition coefficient (Wildman–Crippen LogP) is 0.922. The molecule has 3 heterocycles. The fourth-order valence-corrected chi connectivity index (χ4v) is 2.48. The molecule has 1 aliphatic rings. The third kappa shape index (κ3) is 3.51. The van der Waals surface area contributed by atoms with E-state index in [4.69, 9.17) is 4.52 Å². The van der Waals surface area contributed by atoms with Crippen LogP contribution >= 0.6 is 0 Å². The van der Waals surface area contributed by atoms with Gasteiger partial charge in [-0.15, -0.1) is 0 Å². The van der Waals surface area contributed by atoms with Gasteiger partial charge in [-0.3, -0.25) is 4.90 Å². The van der Waals surface area contributed by atoms with Gasteiger partial charge in [0.2, 0.25) is 11.8 Å². The summed E-state index contributed by atoms with van der Waals surface area (Å²) in [6, 6.07) is 1.89. The number of hydrogen-bond donors (Lipinski definition) is 1. The van der Waals surface area contributed by atoms with Crippen molar-refractivity contribution < 1.29 is 4.52 Å². The van der Waals surface area contributed by atoms with Crippen LogP contribution in [0.4, 0.5) is 11.8 Å². The minimum atomic E-state index is 0.677. The number of aromatic nitrogens is 4. The number of rotatable bonds is 5. The van der Waals surface area contributed by atoms with E-state index in [1.54, 1.807) is 6.20 Å². The highest BCUT2D eigenvalue weighted by Crippen LogP contribution is 2.14. The maximum absolute atomic E-state index is 5.17. The summed E-state index contributed by atoms with van der Waals surface area (Å²) in [5.41, 5.74) is 0. The summed E-state index contributed by atoms with van der Waals surface area (Å²) in [6.07, 6.45) is 1.80. The Hall–Kier alpha value is -2.22. The lowest BCUT2D eigenvalue weighted by atomic mass is 10.3. The van der Waals surface area contributed by atoms with Crippen molar-refractivity contribution in [2.75, 3.05) is 42.9 Å². The lowest BCUT2D eigenvalue weighted by Gasteiger charge is -2.33. The number of anilines is 2. The van der Waals surface area contributed by atoms with Crippen LogP contribution in [0, 0.1) is 6.92 Å². The van der Waals surface area contributed by atoms with Crippen LogP contribution in [0.5, 0.6) is 0 Å². The topological polar surface area (TPSA) is 83.2 Å². The lowest BCUT2D eigenvalue weighted by molar-refractivity contribution is 0.214. The highest BCUT2D eigenvalue weighted by atomic mass is 16.5. The number of hydrogen-bond acceptors (Lipinski definition) is 8. The fraction of sp³-hybridized carbons (Fsp3) is 0.571. The molecule has 0 amide bonds. The molecule has 0 unspecified atom stereocenters. The van der Waals surface area contributed by atoms with Crippen molar-refractivity contribution in [3.05, 3.63) is 24.0 Å². The van der Waals surface area contributed by atoms with Gasteiger partial charge in [0.15, 0.2) is 5.82 Å². The Balaban J connectivity index is 1.56. The van der Waals surface area contributed by atoms with Crippen LogP contribution in [-0.2, 0) is 6.54 Å². The molecule has 0 saturated carbocycles. The second-order valence-electron chi connectivity index (χ2n) is 5.27. The first-order valence-electron chi connectivity index (χ1n) is 7.58. The molecular formula is C14H21N7O. The molecule has 1 saturated heterocycles. The van der Waals surface area contributed by atoms with Crippen LogP contribution in [0.3, 0.4) is 0 Å². The monoisotopic (exact) mass is 303 g/mol. The molecule has 0 atom stereocenters. The number of piperazine rings is 1. The smallest absolute Gasteiger partial charge is 0.240 e. The van der Waals surface area contributed by atoms with Gasteiger partial charge in [0, 0.05) is 38.9 Å². The lowest BCUT2D eigenvalue weighted by Crippen LogP contribution is -2.46. The molecule has 0 radical (unpaired) electrons. The van der Waals surface area contributed by atoms with E-state index in [2.05, 4.69) is 42.1 Å². The van der Waals surface area contributed by atoms with E-state index in [-0.39, 0.29) is 0 Å². The van der Waals surface area contributed by atoms with Gasteiger partial charge < -0.3 is 14.7 Å². The largest absolute Gasteiger partial charge is 0.370 e. The van der Waals surface area contributed by atoms with E-state index in [1.165, 1.54) is 0 Å². The van der Waals surface area contributed by atoms with Gasteiger partial charge in [-0.2, -0.15) is 9.97 Å². The normalized spacial score (nSPS) is 16.0. The van der Waals surface area contributed by atoms with Crippen molar-refractivity contribution in [3.8, 4) is 0 Å². The summed E-state index contributed by atoms with van der Waals surface area (Å²) in [6.45, 7) is 9.08. The molecule has 0 bridgehead atoms. The molecule has 2 aromatic rings. The molecule has 1 N–H and O–H groups in total. The minimum Gasteiger partial charge on any atom is -0.370 e. The second kappa shape index (κ2) is 6.69. The third-order valence-corrected chi connectivity index (χ3v) is 3.58. The van der Waals surface area contributed by atoms with Gasteiger partial charge in [-0.25, -0.2) is 4.98 Å². The van der Waals surface area contributed by atoms with E-state index in [9.17, 15) is 0 Å². The summed E-state index contributed by atoms with van der Waals surface area (Å²) in [5, 5.41) is 7.04. The quantitative estimate of drug-likeness (QED) is 0.873. The zero-order valence-electron chi connectivity index (χ0n) is 13.0. The molecule has 0 aliphatic carbocycles. The Morgan fingerprint density at radius 2 is 2.05 bits per heavy atom. The maximum Gasteiger partial charge on any atom is 0.240 e. The standard InChI is InChI=1S/C14H21N7O/c1-3-15-12-4-5-16-14(18-12)21-8-6-20(7-9-21)10-13-17-11(2)19-22-13/h4-5H,3,6-10H2,1-2H3,(H,15,16,18). The maximum atomic E-state index is 5.17. The van der Waals surface area contributed by atoms with Crippen LogP contribution in [0.1, 0.15) is 18.6 Å². The van der Waals surface area contributed by atoms with Crippen molar-refractivity contribution >= 4 is 11.8 Å². The Labute approximate surface area is 129 Å². The average Bonchev–Trinajstić information content (AvgIpc) is 2.94. The number of nitrogens with one attached hydrogen (secondary N) is 1. The Morgan fingerprint density at radius 3 is 2.73 bits per heavy atom. The van der Waals surface area contributed by atoms with E-state index in [0.29, 0.717) is 18.3 Å². The van der Waals surface area contributed by atoms with Crippen LogP contribution in [0.2, 0.25) is 0 Å². The molecule has 8 nitrogen and oxygen atoms in total. The molecule has 0 spiro atoms. The molecule has 0 aromatic carbocycles. The summed E-state index contributed by atoms with van der Waals surface area (Å²) >= 11 is 0. The molecule has 8 heteroatoms. The van der Waals surface area contributed by atoms with Gasteiger partial charge in [0.25, 0.3) is 0 Å². The van der Waals surface area contributed by atoms with Crippen molar-refractivity contribution in [2.24, 2.45) is 0 Å². The zero-order chi connectivity index (χ0) is 15.4. The summed E-state index contributed by atoms with van der Waals surface area (Å²) in [7, 11) is 0. The van der Waals surface area contributed by atoms with Crippen LogP contribution in [-0.4, -0.2) is 57.7 Å². The highest BCUT2D eigenvalue weighted by Gasteiger charge is 2.20. The Morgan fingerprint density at radius 1 is 1.23 bits per heavy atom. The molecule has 118 valence electrons.